The molecule has 318 valence electrons. The number of carbonyl (C=O) groups is 2. The summed E-state index contributed by atoms with van der Waals surface area (Å²) in [6.07, 6.45) is 39.3. The molecule has 0 heterocycles. The van der Waals surface area contributed by atoms with Crippen molar-refractivity contribution in [3.05, 3.63) is 24.3 Å². The van der Waals surface area contributed by atoms with Gasteiger partial charge in [0.1, 0.15) is 19.8 Å². The molecule has 0 aromatic heterocycles. The number of likely N-dealkylation sites (N-methyl/N-ethyl adjacent to an activating group) is 1. The summed E-state index contributed by atoms with van der Waals surface area (Å²) in [5.74, 6) is -0.814. The van der Waals surface area contributed by atoms with E-state index < -0.39 is 26.5 Å². The Kier molecular flexibility index (Phi) is 36.1. The van der Waals surface area contributed by atoms with E-state index in [-0.39, 0.29) is 32.0 Å². The van der Waals surface area contributed by atoms with E-state index in [0.29, 0.717) is 17.4 Å². The Morgan fingerprint density at radius 3 is 1.37 bits per heavy atom. The lowest BCUT2D eigenvalue weighted by molar-refractivity contribution is -0.870. The van der Waals surface area contributed by atoms with Crippen molar-refractivity contribution in [2.24, 2.45) is 0 Å². The average Bonchev–Trinajstić information content (AvgIpc) is 3.12. The van der Waals surface area contributed by atoms with E-state index in [1.807, 2.05) is 21.1 Å². The van der Waals surface area contributed by atoms with Crippen LogP contribution in [-0.4, -0.2) is 74.9 Å². The normalized spacial score (nSPS) is 13.8. The van der Waals surface area contributed by atoms with Crippen LogP contribution in [0.5, 0.6) is 0 Å². The molecule has 2 unspecified atom stereocenters. The quantitative estimate of drug-likeness (QED) is 0.0215. The lowest BCUT2D eigenvalue weighted by Gasteiger charge is -2.24. The molecular formula is C44H85NO8P+. The van der Waals surface area contributed by atoms with E-state index in [0.717, 1.165) is 70.6 Å². The molecule has 2 atom stereocenters. The van der Waals surface area contributed by atoms with Crippen LogP contribution in [-0.2, 0) is 32.7 Å². The zero-order valence-electron chi connectivity index (χ0n) is 35.7. The van der Waals surface area contributed by atoms with Gasteiger partial charge in [-0.05, 0) is 64.2 Å². The van der Waals surface area contributed by atoms with Crippen LogP contribution < -0.4 is 0 Å². The zero-order valence-corrected chi connectivity index (χ0v) is 36.6. The highest BCUT2D eigenvalue weighted by molar-refractivity contribution is 7.47. The maximum atomic E-state index is 12.7. The molecule has 0 aliphatic carbocycles. The molecule has 1 N–H and O–H groups in total. The molecule has 0 aliphatic rings. The highest BCUT2D eigenvalue weighted by Crippen LogP contribution is 2.43. The molecule has 0 spiro atoms. The van der Waals surface area contributed by atoms with E-state index in [1.165, 1.54) is 89.9 Å². The first-order chi connectivity index (χ1) is 26.0. The topological polar surface area (TPSA) is 108 Å². The number of hydrogen-bond donors (Lipinski definition) is 1. The van der Waals surface area contributed by atoms with Crippen molar-refractivity contribution in [2.75, 3.05) is 47.5 Å². The summed E-state index contributed by atoms with van der Waals surface area (Å²) in [5, 5.41) is 0. The fraction of sp³-hybridized carbons (Fsp3) is 0.864. The Bertz CT molecular complexity index is 980. The molecule has 0 bridgehead atoms. The van der Waals surface area contributed by atoms with Crippen LogP contribution in [0.2, 0.25) is 0 Å². The van der Waals surface area contributed by atoms with Crippen LogP contribution in [0.15, 0.2) is 24.3 Å². The first kappa shape index (κ1) is 52.5. The van der Waals surface area contributed by atoms with E-state index >= 15 is 0 Å². The van der Waals surface area contributed by atoms with Gasteiger partial charge in [0, 0.05) is 12.8 Å². The van der Waals surface area contributed by atoms with Crippen molar-refractivity contribution in [3.8, 4) is 0 Å². The third-order valence-electron chi connectivity index (χ3n) is 9.45. The average molecular weight is 787 g/mol. The number of esters is 2. The number of ether oxygens (including phenoxy) is 2. The summed E-state index contributed by atoms with van der Waals surface area (Å²) in [7, 11) is 1.47. The number of allylic oxidation sites excluding steroid dienone is 4. The summed E-state index contributed by atoms with van der Waals surface area (Å²) >= 11 is 0. The number of quaternary nitrogens is 1. The molecular weight excluding hydrogens is 701 g/mol. The van der Waals surface area contributed by atoms with Gasteiger partial charge in [-0.15, -0.1) is 0 Å². The molecule has 0 rings (SSSR count). The SMILES string of the molecule is CCCCCCCC/C=C\CCCCCCCC(=O)OCC(COP(=O)(O)OCC[N+](C)(C)C)OC(=O)CCCCCCC/C=C/CCCCCCCC. The molecule has 0 radical (unpaired) electrons. The minimum Gasteiger partial charge on any atom is -0.462 e. The Morgan fingerprint density at radius 2 is 0.944 bits per heavy atom. The third kappa shape index (κ3) is 40.2. The summed E-state index contributed by atoms with van der Waals surface area (Å²) in [6.45, 7) is 4.40. The second-order valence-corrected chi connectivity index (χ2v) is 17.5. The molecule has 54 heavy (non-hydrogen) atoms. The highest BCUT2D eigenvalue weighted by atomic mass is 31.2. The van der Waals surface area contributed by atoms with Gasteiger partial charge in [-0.2, -0.15) is 0 Å². The molecule has 0 saturated carbocycles. The van der Waals surface area contributed by atoms with Gasteiger partial charge in [0.2, 0.25) is 0 Å². The molecule has 0 aromatic carbocycles. The molecule has 10 heteroatoms. The number of hydrogen-bond acceptors (Lipinski definition) is 7. The monoisotopic (exact) mass is 787 g/mol. The standard InChI is InChI=1S/C44H84NO8P/c1-6-8-10-12-14-16-18-20-22-24-26-28-30-32-34-36-43(46)50-40-42(41-52-54(48,49)51-39-38-45(3,4)5)53-44(47)37-35-33-31-29-27-25-23-21-19-17-15-13-11-9-7-2/h20-23,42H,6-19,24-41H2,1-5H3/p+1/b22-20-,23-21+. The number of phosphoric ester groups is 1. The van der Waals surface area contributed by atoms with Crippen LogP contribution in [0.25, 0.3) is 0 Å². The van der Waals surface area contributed by atoms with Gasteiger partial charge >= 0.3 is 19.8 Å². The number of unbranched alkanes of at least 4 members (excludes halogenated alkanes) is 22. The van der Waals surface area contributed by atoms with Crippen molar-refractivity contribution >= 4 is 19.8 Å². The largest absolute Gasteiger partial charge is 0.472 e. The molecule has 0 amide bonds. The van der Waals surface area contributed by atoms with Gasteiger partial charge in [0.05, 0.1) is 27.7 Å². The summed E-state index contributed by atoms with van der Waals surface area (Å²) in [4.78, 5) is 35.3. The number of rotatable bonds is 40. The molecule has 0 fully saturated rings. The lowest BCUT2D eigenvalue weighted by Crippen LogP contribution is -2.37. The zero-order chi connectivity index (χ0) is 40.0. The Labute approximate surface area is 332 Å². The summed E-state index contributed by atoms with van der Waals surface area (Å²) < 4.78 is 34.3. The van der Waals surface area contributed by atoms with Crippen LogP contribution in [0.1, 0.15) is 194 Å². The smallest absolute Gasteiger partial charge is 0.462 e. The molecule has 0 aromatic rings. The minimum absolute atomic E-state index is 0.0299. The Balaban J connectivity index is 4.38. The predicted octanol–water partition coefficient (Wildman–Crippen LogP) is 12.4. The minimum atomic E-state index is -4.37. The van der Waals surface area contributed by atoms with Gasteiger partial charge in [0.25, 0.3) is 0 Å². The van der Waals surface area contributed by atoms with E-state index in [1.54, 1.807) is 0 Å². The molecule has 0 saturated heterocycles. The Hall–Kier alpha value is -1.51. The number of carbonyl (C=O) groups excluding carboxylic acids is 2. The summed E-state index contributed by atoms with van der Waals surface area (Å²) in [6, 6.07) is 0. The van der Waals surface area contributed by atoms with Gasteiger partial charge in [-0.3, -0.25) is 18.6 Å². The van der Waals surface area contributed by atoms with Gasteiger partial charge < -0.3 is 18.9 Å². The van der Waals surface area contributed by atoms with Crippen molar-refractivity contribution < 1.29 is 42.1 Å². The van der Waals surface area contributed by atoms with Crippen LogP contribution in [0.3, 0.4) is 0 Å². The summed E-state index contributed by atoms with van der Waals surface area (Å²) in [5.41, 5.74) is 0. The van der Waals surface area contributed by atoms with Crippen molar-refractivity contribution in [1.82, 2.24) is 0 Å². The number of nitrogens with zero attached hydrogens (tertiary/aromatic N) is 1. The molecule has 0 aliphatic heterocycles. The first-order valence-electron chi connectivity index (χ1n) is 22.1. The van der Waals surface area contributed by atoms with Crippen LogP contribution >= 0.6 is 7.82 Å². The van der Waals surface area contributed by atoms with E-state index in [9.17, 15) is 19.0 Å². The fourth-order valence-corrected chi connectivity index (χ4v) is 6.69. The Morgan fingerprint density at radius 1 is 0.556 bits per heavy atom. The highest BCUT2D eigenvalue weighted by Gasteiger charge is 2.27. The second-order valence-electron chi connectivity index (χ2n) is 16.1. The number of phosphoric acid groups is 1. The van der Waals surface area contributed by atoms with E-state index in [2.05, 4.69) is 38.2 Å². The van der Waals surface area contributed by atoms with Crippen LogP contribution in [0, 0.1) is 0 Å². The van der Waals surface area contributed by atoms with Crippen LogP contribution in [0.4, 0.5) is 0 Å². The van der Waals surface area contributed by atoms with Gasteiger partial charge in [-0.25, -0.2) is 4.57 Å². The maximum absolute atomic E-state index is 12.7. The first-order valence-corrected chi connectivity index (χ1v) is 23.6. The van der Waals surface area contributed by atoms with Crippen molar-refractivity contribution in [3.63, 3.8) is 0 Å². The van der Waals surface area contributed by atoms with Crippen molar-refractivity contribution in [2.45, 2.75) is 200 Å². The third-order valence-corrected chi connectivity index (χ3v) is 10.4. The maximum Gasteiger partial charge on any atom is 0.472 e. The van der Waals surface area contributed by atoms with Crippen molar-refractivity contribution in [1.29, 1.82) is 0 Å². The predicted molar refractivity (Wildman–Crippen MR) is 224 cm³/mol. The van der Waals surface area contributed by atoms with Gasteiger partial charge in [-0.1, -0.05) is 141 Å². The second kappa shape index (κ2) is 37.1. The van der Waals surface area contributed by atoms with Gasteiger partial charge in [0.15, 0.2) is 6.10 Å². The molecule has 9 nitrogen and oxygen atoms in total. The fourth-order valence-electron chi connectivity index (χ4n) is 5.94. The lowest BCUT2D eigenvalue weighted by atomic mass is 10.1. The van der Waals surface area contributed by atoms with E-state index in [4.69, 9.17) is 18.5 Å².